The number of carbonyl (C=O) groups excluding carboxylic acids is 2. The van der Waals surface area contributed by atoms with Gasteiger partial charge in [-0.15, -0.1) is 0 Å². The molecule has 0 heterocycles. The van der Waals surface area contributed by atoms with Gasteiger partial charge in [-0.1, -0.05) is 35.9 Å². The van der Waals surface area contributed by atoms with Gasteiger partial charge in [0.2, 0.25) is 11.8 Å². The van der Waals surface area contributed by atoms with Gasteiger partial charge in [-0.25, -0.2) is 0 Å². The van der Waals surface area contributed by atoms with Crippen molar-refractivity contribution in [2.24, 2.45) is 11.7 Å². The van der Waals surface area contributed by atoms with Crippen molar-refractivity contribution in [2.45, 2.75) is 48.2 Å². The van der Waals surface area contributed by atoms with Gasteiger partial charge in [0.25, 0.3) is 0 Å². The van der Waals surface area contributed by atoms with Crippen molar-refractivity contribution in [2.75, 3.05) is 0 Å². The number of aliphatic hydroxyl groups excluding tert-OH is 3. The first kappa shape index (κ1) is 25.3. The fourth-order valence-electron chi connectivity index (χ4n) is 3.81. The van der Waals surface area contributed by atoms with E-state index in [2.05, 4.69) is 5.32 Å². The second-order valence-electron chi connectivity index (χ2n) is 8.13. The third-order valence-electron chi connectivity index (χ3n) is 5.70. The summed E-state index contributed by atoms with van der Waals surface area (Å²) < 4.78 is 0. The van der Waals surface area contributed by atoms with Gasteiger partial charge in [0.05, 0.1) is 18.1 Å². The number of aromatic hydroxyl groups is 1. The molecule has 0 unspecified atom stereocenters. The molecule has 1 aliphatic rings. The average Bonchev–Trinajstić information content (AvgIpc) is 2.78. The van der Waals surface area contributed by atoms with Crippen LogP contribution in [0.5, 0.6) is 5.75 Å². The number of phenols is 1. The molecule has 10 heteroatoms. The molecule has 0 aliphatic heterocycles. The Balaban J connectivity index is 1.73. The minimum atomic E-state index is -1.39. The maximum absolute atomic E-state index is 13.1. The lowest BCUT2D eigenvalue weighted by molar-refractivity contribution is -0.139. The normalized spacial score (nSPS) is 25.9. The number of phenolic OH excluding ortho intramolecular Hbond substituents is 1. The van der Waals surface area contributed by atoms with E-state index in [0.29, 0.717) is 16.3 Å². The molecule has 2 aromatic rings. The van der Waals surface area contributed by atoms with Gasteiger partial charge in [0.15, 0.2) is 0 Å². The van der Waals surface area contributed by atoms with Crippen molar-refractivity contribution in [3.05, 3.63) is 64.7 Å². The SMILES string of the molecule is NC(=O)[C@H](Cc1ccc(O)cc1)NC(=O)[C@H]1C[C@@H](O)[C@H](O)[C@H](O)[C@H]1SCc1ccc(Cl)cc1. The van der Waals surface area contributed by atoms with Crippen LogP contribution in [0.3, 0.4) is 0 Å². The van der Waals surface area contributed by atoms with Crippen molar-refractivity contribution >= 4 is 35.2 Å². The van der Waals surface area contributed by atoms with Crippen LogP contribution in [0.25, 0.3) is 0 Å². The first-order chi connectivity index (χ1) is 15.7. The van der Waals surface area contributed by atoms with Crippen molar-refractivity contribution in [1.29, 1.82) is 0 Å². The van der Waals surface area contributed by atoms with E-state index in [0.717, 1.165) is 5.56 Å². The molecule has 0 saturated heterocycles. The monoisotopic (exact) mass is 494 g/mol. The zero-order valence-electron chi connectivity index (χ0n) is 17.7. The summed E-state index contributed by atoms with van der Waals surface area (Å²) in [5.41, 5.74) is 7.09. The van der Waals surface area contributed by atoms with Gasteiger partial charge in [0.1, 0.15) is 17.9 Å². The number of nitrogens with one attached hydrogen (secondary N) is 1. The summed E-state index contributed by atoms with van der Waals surface area (Å²) in [7, 11) is 0. The number of nitrogens with two attached hydrogens (primary N) is 1. The van der Waals surface area contributed by atoms with E-state index in [4.69, 9.17) is 17.3 Å². The largest absolute Gasteiger partial charge is 0.508 e. The summed E-state index contributed by atoms with van der Waals surface area (Å²) in [4.78, 5) is 25.1. The number of benzene rings is 2. The Morgan fingerprint density at radius 1 is 1.03 bits per heavy atom. The quantitative estimate of drug-likeness (QED) is 0.319. The lowest BCUT2D eigenvalue weighted by Gasteiger charge is -2.40. The summed E-state index contributed by atoms with van der Waals surface area (Å²) in [6, 6.07) is 12.3. The van der Waals surface area contributed by atoms with E-state index in [9.17, 15) is 30.0 Å². The molecule has 0 bridgehead atoms. The molecule has 7 N–H and O–H groups in total. The van der Waals surface area contributed by atoms with Crippen LogP contribution in [-0.2, 0) is 21.8 Å². The summed E-state index contributed by atoms with van der Waals surface area (Å²) in [6.07, 6.45) is -3.98. The molecule has 8 nitrogen and oxygen atoms in total. The molecule has 2 aromatic carbocycles. The highest BCUT2D eigenvalue weighted by atomic mass is 35.5. The average molecular weight is 495 g/mol. The highest BCUT2D eigenvalue weighted by Gasteiger charge is 2.46. The Hall–Kier alpha value is -2.30. The molecule has 2 amide bonds. The minimum Gasteiger partial charge on any atom is -0.508 e. The maximum Gasteiger partial charge on any atom is 0.240 e. The topological polar surface area (TPSA) is 153 Å². The van der Waals surface area contributed by atoms with E-state index in [1.54, 1.807) is 24.3 Å². The number of halogens is 1. The van der Waals surface area contributed by atoms with Crippen LogP contribution < -0.4 is 11.1 Å². The van der Waals surface area contributed by atoms with Gasteiger partial charge in [-0.3, -0.25) is 9.59 Å². The van der Waals surface area contributed by atoms with Crippen LogP contribution in [0, 0.1) is 5.92 Å². The highest BCUT2D eigenvalue weighted by molar-refractivity contribution is 7.99. The second-order valence-corrected chi connectivity index (χ2v) is 9.73. The first-order valence-corrected chi connectivity index (χ1v) is 11.9. The minimum absolute atomic E-state index is 0.0719. The Morgan fingerprint density at radius 2 is 1.64 bits per heavy atom. The van der Waals surface area contributed by atoms with E-state index in [1.165, 1.54) is 23.9 Å². The summed E-state index contributed by atoms with van der Waals surface area (Å²) in [6.45, 7) is 0. The predicted octanol–water partition coefficient (Wildman–Crippen LogP) is 0.963. The fraction of sp³-hybridized carbons (Fsp3) is 0.391. The zero-order valence-corrected chi connectivity index (χ0v) is 19.2. The molecular weight excluding hydrogens is 468 g/mol. The van der Waals surface area contributed by atoms with Crippen LogP contribution in [0.4, 0.5) is 0 Å². The molecule has 33 heavy (non-hydrogen) atoms. The van der Waals surface area contributed by atoms with E-state index >= 15 is 0 Å². The standard InChI is InChI=1S/C23H27ClN2O6S/c24-14-5-1-13(2-6-14)11-33-21-16(10-18(28)19(29)20(21)30)23(32)26-17(22(25)31)9-12-3-7-15(27)8-4-12/h1-8,16-21,27-30H,9-11H2,(H2,25,31)(H,26,32)/t16-,17-,18+,19-,20-,21-/m0/s1. The molecule has 178 valence electrons. The Bertz CT molecular complexity index is 958. The first-order valence-electron chi connectivity index (χ1n) is 10.4. The molecular formula is C23H27ClN2O6S. The third-order valence-corrected chi connectivity index (χ3v) is 7.45. The van der Waals surface area contributed by atoms with Gasteiger partial charge in [0, 0.05) is 22.4 Å². The number of aliphatic hydroxyl groups is 3. The summed E-state index contributed by atoms with van der Waals surface area (Å²) >= 11 is 7.19. The summed E-state index contributed by atoms with van der Waals surface area (Å²) in [5, 5.41) is 42.9. The predicted molar refractivity (Wildman–Crippen MR) is 126 cm³/mol. The molecule has 6 atom stereocenters. The Labute approximate surface area is 200 Å². The smallest absolute Gasteiger partial charge is 0.240 e. The summed E-state index contributed by atoms with van der Waals surface area (Å²) in [5.74, 6) is -1.63. The number of thioether (sulfide) groups is 1. The lowest BCUT2D eigenvalue weighted by atomic mass is 9.82. The maximum atomic E-state index is 13.1. The van der Waals surface area contributed by atoms with E-state index < -0.39 is 47.3 Å². The molecule has 3 rings (SSSR count). The number of rotatable bonds is 8. The second kappa shape index (κ2) is 11.2. The van der Waals surface area contributed by atoms with Crippen LogP contribution in [0.15, 0.2) is 48.5 Å². The number of carbonyl (C=O) groups is 2. The van der Waals surface area contributed by atoms with Gasteiger partial charge < -0.3 is 31.5 Å². The highest BCUT2D eigenvalue weighted by Crippen LogP contribution is 2.36. The van der Waals surface area contributed by atoms with Crippen molar-refractivity contribution in [1.82, 2.24) is 5.32 Å². The fourth-order valence-corrected chi connectivity index (χ4v) is 5.34. The van der Waals surface area contributed by atoms with E-state index in [-0.39, 0.29) is 18.6 Å². The third kappa shape index (κ3) is 6.61. The molecule has 1 aliphatic carbocycles. The molecule has 1 saturated carbocycles. The van der Waals surface area contributed by atoms with Crippen molar-refractivity contribution in [3.63, 3.8) is 0 Å². The molecule has 1 fully saturated rings. The Kier molecular flexibility index (Phi) is 8.61. The van der Waals surface area contributed by atoms with Gasteiger partial charge >= 0.3 is 0 Å². The van der Waals surface area contributed by atoms with Crippen molar-refractivity contribution in [3.8, 4) is 5.75 Å². The van der Waals surface area contributed by atoms with Gasteiger partial charge in [-0.2, -0.15) is 11.8 Å². The molecule has 0 radical (unpaired) electrons. The van der Waals surface area contributed by atoms with Crippen LogP contribution in [0.2, 0.25) is 5.02 Å². The molecule has 0 spiro atoms. The molecule has 0 aromatic heterocycles. The number of hydrogen-bond acceptors (Lipinski definition) is 7. The number of amides is 2. The van der Waals surface area contributed by atoms with Crippen LogP contribution >= 0.6 is 23.4 Å². The Morgan fingerprint density at radius 3 is 2.24 bits per heavy atom. The number of primary amides is 1. The number of hydrogen-bond donors (Lipinski definition) is 6. The van der Waals surface area contributed by atoms with Crippen LogP contribution in [-0.4, -0.2) is 61.8 Å². The van der Waals surface area contributed by atoms with Crippen LogP contribution in [0.1, 0.15) is 17.5 Å². The zero-order chi connectivity index (χ0) is 24.1. The van der Waals surface area contributed by atoms with E-state index in [1.807, 2.05) is 12.1 Å². The van der Waals surface area contributed by atoms with Gasteiger partial charge in [-0.05, 0) is 41.8 Å². The lowest BCUT2D eigenvalue weighted by Crippen LogP contribution is -2.58. The van der Waals surface area contributed by atoms with Crippen molar-refractivity contribution < 1.29 is 30.0 Å².